The summed E-state index contributed by atoms with van der Waals surface area (Å²) in [4.78, 5) is 0. The molecule has 1 saturated heterocycles. The number of quaternary nitrogens is 1. The van der Waals surface area contributed by atoms with Crippen LogP contribution in [0, 0.1) is 0 Å². The predicted molar refractivity (Wildman–Crippen MR) is 58.8 cm³/mol. The molecule has 0 aliphatic carbocycles. The first-order chi connectivity index (χ1) is 6.33. The third kappa shape index (κ3) is 3.30. The highest BCUT2D eigenvalue weighted by atomic mass is 15.3. The minimum atomic E-state index is 1.36. The van der Waals surface area contributed by atoms with Crippen LogP contribution in [0.1, 0.15) is 52.4 Å². The first-order valence-electron chi connectivity index (χ1n) is 6.18. The summed E-state index contributed by atoms with van der Waals surface area (Å²) in [7, 11) is 0. The van der Waals surface area contributed by atoms with Crippen molar-refractivity contribution in [2.45, 2.75) is 52.4 Å². The average molecular weight is 184 g/mol. The highest BCUT2D eigenvalue weighted by Gasteiger charge is 2.27. The van der Waals surface area contributed by atoms with Gasteiger partial charge in [0.25, 0.3) is 0 Å². The summed E-state index contributed by atoms with van der Waals surface area (Å²) in [6, 6.07) is 0. The minimum Gasteiger partial charge on any atom is -0.324 e. The molecule has 0 atom stereocenters. The van der Waals surface area contributed by atoms with Crippen LogP contribution in [0.15, 0.2) is 0 Å². The van der Waals surface area contributed by atoms with E-state index in [1.54, 1.807) is 0 Å². The molecule has 1 aliphatic rings. The van der Waals surface area contributed by atoms with Crippen LogP contribution >= 0.6 is 0 Å². The normalized spacial score (nSPS) is 21.7. The maximum absolute atomic E-state index is 2.33. The minimum absolute atomic E-state index is 1.36. The van der Waals surface area contributed by atoms with Crippen LogP contribution in [0.5, 0.6) is 0 Å². The molecule has 1 heteroatoms. The largest absolute Gasteiger partial charge is 0.324 e. The summed E-state index contributed by atoms with van der Waals surface area (Å²) in [6.07, 6.45) is 8.59. The fourth-order valence-electron chi connectivity index (χ4n) is 2.71. The third-order valence-electron chi connectivity index (χ3n) is 3.45. The van der Waals surface area contributed by atoms with Crippen molar-refractivity contribution < 1.29 is 4.48 Å². The van der Waals surface area contributed by atoms with Gasteiger partial charge in [-0.2, -0.15) is 0 Å². The predicted octanol–water partition coefficient (Wildman–Crippen LogP) is 3.20. The van der Waals surface area contributed by atoms with Gasteiger partial charge in [0.1, 0.15) is 0 Å². The lowest BCUT2D eigenvalue weighted by Crippen LogP contribution is -2.52. The topological polar surface area (TPSA) is 0 Å². The Hall–Kier alpha value is -0.0400. The van der Waals surface area contributed by atoms with Crippen LogP contribution < -0.4 is 0 Å². The zero-order valence-electron chi connectivity index (χ0n) is 9.52. The second-order valence-corrected chi connectivity index (χ2v) is 4.65. The standard InChI is InChI=1S/C12H26N/c1-3-5-10-13(9-4-2)11-7-6-8-12-13/h3-12H2,1-2H3/q+1. The Labute approximate surface area is 83.7 Å². The molecule has 0 spiro atoms. The Kier molecular flexibility index (Phi) is 4.79. The van der Waals surface area contributed by atoms with Crippen molar-refractivity contribution in [3.05, 3.63) is 0 Å². The Balaban J connectivity index is 2.40. The lowest BCUT2D eigenvalue weighted by Gasteiger charge is -2.41. The van der Waals surface area contributed by atoms with E-state index in [0.29, 0.717) is 0 Å². The van der Waals surface area contributed by atoms with Gasteiger partial charge in [-0.1, -0.05) is 20.3 Å². The Morgan fingerprint density at radius 2 is 1.54 bits per heavy atom. The molecule has 1 aliphatic heterocycles. The van der Waals surface area contributed by atoms with Crippen LogP contribution in [0.2, 0.25) is 0 Å². The van der Waals surface area contributed by atoms with Gasteiger partial charge in [-0.05, 0) is 32.1 Å². The number of hydrogen-bond acceptors (Lipinski definition) is 0. The molecule has 0 N–H and O–H groups in total. The van der Waals surface area contributed by atoms with E-state index >= 15 is 0 Å². The second kappa shape index (κ2) is 5.64. The Morgan fingerprint density at radius 1 is 0.846 bits per heavy atom. The maximum atomic E-state index is 2.33. The van der Waals surface area contributed by atoms with Crippen molar-refractivity contribution in [2.24, 2.45) is 0 Å². The van der Waals surface area contributed by atoms with Gasteiger partial charge >= 0.3 is 0 Å². The van der Waals surface area contributed by atoms with E-state index in [2.05, 4.69) is 13.8 Å². The lowest BCUT2D eigenvalue weighted by atomic mass is 10.1. The van der Waals surface area contributed by atoms with Gasteiger partial charge in [0.05, 0.1) is 26.2 Å². The summed E-state index contributed by atoms with van der Waals surface area (Å²) in [5.41, 5.74) is 0. The fourth-order valence-corrected chi connectivity index (χ4v) is 2.71. The van der Waals surface area contributed by atoms with Crippen LogP contribution in [-0.2, 0) is 0 Å². The second-order valence-electron chi connectivity index (χ2n) is 4.65. The van der Waals surface area contributed by atoms with Crippen molar-refractivity contribution in [1.82, 2.24) is 0 Å². The van der Waals surface area contributed by atoms with Crippen molar-refractivity contribution in [2.75, 3.05) is 26.2 Å². The molecule has 1 fully saturated rings. The number of likely N-dealkylation sites (tertiary alicyclic amines) is 1. The van der Waals surface area contributed by atoms with E-state index in [-0.39, 0.29) is 0 Å². The van der Waals surface area contributed by atoms with Crippen molar-refractivity contribution in [3.63, 3.8) is 0 Å². The van der Waals surface area contributed by atoms with Gasteiger partial charge < -0.3 is 4.48 Å². The van der Waals surface area contributed by atoms with E-state index in [0.717, 1.165) is 0 Å². The number of rotatable bonds is 5. The molecule has 78 valence electrons. The van der Waals surface area contributed by atoms with Crippen LogP contribution in [0.25, 0.3) is 0 Å². The number of unbranched alkanes of at least 4 members (excludes halogenated alkanes) is 1. The highest BCUT2D eigenvalue weighted by Crippen LogP contribution is 2.20. The summed E-state index contributed by atoms with van der Waals surface area (Å²) >= 11 is 0. The monoisotopic (exact) mass is 184 g/mol. The zero-order chi connectivity index (χ0) is 9.57. The van der Waals surface area contributed by atoms with E-state index < -0.39 is 0 Å². The molecular formula is C12H26N+. The Morgan fingerprint density at radius 3 is 2.08 bits per heavy atom. The smallest absolute Gasteiger partial charge is 0.0786 e. The van der Waals surface area contributed by atoms with Gasteiger partial charge in [0, 0.05) is 0 Å². The average Bonchev–Trinajstić information content (AvgIpc) is 2.17. The van der Waals surface area contributed by atoms with Crippen molar-refractivity contribution >= 4 is 0 Å². The van der Waals surface area contributed by atoms with Crippen molar-refractivity contribution in [1.29, 1.82) is 0 Å². The number of piperidine rings is 1. The summed E-state index contributed by atoms with van der Waals surface area (Å²) in [6.45, 7) is 10.5. The first kappa shape index (κ1) is 11.0. The van der Waals surface area contributed by atoms with E-state index in [4.69, 9.17) is 0 Å². The third-order valence-corrected chi connectivity index (χ3v) is 3.45. The van der Waals surface area contributed by atoms with Crippen molar-refractivity contribution in [3.8, 4) is 0 Å². The zero-order valence-corrected chi connectivity index (χ0v) is 9.52. The van der Waals surface area contributed by atoms with Crippen LogP contribution in [-0.4, -0.2) is 30.7 Å². The molecule has 1 rings (SSSR count). The molecule has 0 radical (unpaired) electrons. The molecule has 0 aromatic heterocycles. The molecule has 0 aromatic carbocycles. The molecule has 13 heavy (non-hydrogen) atoms. The highest BCUT2D eigenvalue weighted by molar-refractivity contribution is 4.54. The van der Waals surface area contributed by atoms with Gasteiger partial charge in [-0.25, -0.2) is 0 Å². The molecule has 0 bridgehead atoms. The first-order valence-corrected chi connectivity index (χ1v) is 6.18. The van der Waals surface area contributed by atoms with Crippen LogP contribution in [0.3, 0.4) is 0 Å². The van der Waals surface area contributed by atoms with Crippen LogP contribution in [0.4, 0.5) is 0 Å². The van der Waals surface area contributed by atoms with Gasteiger partial charge in [-0.15, -0.1) is 0 Å². The molecule has 0 amide bonds. The van der Waals surface area contributed by atoms with E-state index in [1.807, 2.05) is 0 Å². The molecule has 0 unspecified atom stereocenters. The molecule has 1 heterocycles. The molecule has 1 nitrogen and oxygen atoms in total. The SMILES string of the molecule is CCCC[N+]1(CCC)CCCCC1. The van der Waals surface area contributed by atoms with Gasteiger partial charge in [0.15, 0.2) is 0 Å². The summed E-state index contributed by atoms with van der Waals surface area (Å²) < 4.78 is 1.45. The van der Waals surface area contributed by atoms with Gasteiger partial charge in [0.2, 0.25) is 0 Å². The number of nitrogens with zero attached hydrogens (tertiary/aromatic N) is 1. The van der Waals surface area contributed by atoms with E-state index in [9.17, 15) is 0 Å². The quantitative estimate of drug-likeness (QED) is 0.576. The van der Waals surface area contributed by atoms with Gasteiger partial charge in [-0.3, -0.25) is 0 Å². The Bertz CT molecular complexity index is 120. The van der Waals surface area contributed by atoms with E-state index in [1.165, 1.54) is 69.2 Å². The summed E-state index contributed by atoms with van der Waals surface area (Å²) in [5.74, 6) is 0. The lowest BCUT2D eigenvalue weighted by molar-refractivity contribution is -0.932. The molecule has 0 aromatic rings. The molecule has 0 saturated carbocycles. The fraction of sp³-hybridized carbons (Fsp3) is 1.00. The number of hydrogen-bond donors (Lipinski definition) is 0. The molecular weight excluding hydrogens is 158 g/mol. The maximum Gasteiger partial charge on any atom is 0.0786 e. The summed E-state index contributed by atoms with van der Waals surface area (Å²) in [5, 5.41) is 0.